The van der Waals surface area contributed by atoms with Crippen LogP contribution < -0.4 is 10.1 Å². The van der Waals surface area contributed by atoms with Gasteiger partial charge in [-0.3, -0.25) is 4.79 Å². The second-order valence-corrected chi connectivity index (χ2v) is 6.16. The number of hydrogen-bond donors (Lipinski definition) is 1. The topological polar surface area (TPSA) is 47.6 Å². The van der Waals surface area contributed by atoms with Crippen molar-refractivity contribution in [2.45, 2.75) is 45.8 Å². The van der Waals surface area contributed by atoms with Crippen LogP contribution in [0.1, 0.15) is 34.1 Å². The van der Waals surface area contributed by atoms with Crippen LogP contribution in [0.15, 0.2) is 36.4 Å². The van der Waals surface area contributed by atoms with Crippen LogP contribution in [-0.4, -0.2) is 24.7 Å². The zero-order chi connectivity index (χ0) is 17.0. The number of hydrogen-bond acceptors (Lipinski definition) is 3. The lowest BCUT2D eigenvalue weighted by Gasteiger charge is -2.23. The summed E-state index contributed by atoms with van der Waals surface area (Å²) in [5.41, 5.74) is -0.125. The highest BCUT2D eigenvalue weighted by Crippen LogP contribution is 2.33. The Balaban J connectivity index is 2.40. The predicted molar refractivity (Wildman–Crippen MR) is 94.0 cm³/mol. The average molecular weight is 315 g/mol. The molecule has 1 atom stereocenters. The maximum Gasteiger partial charge on any atom is 0.256 e. The molecule has 0 unspecified atom stereocenters. The van der Waals surface area contributed by atoms with Gasteiger partial charge in [0.25, 0.3) is 5.91 Å². The van der Waals surface area contributed by atoms with Crippen LogP contribution in [0, 0.1) is 0 Å². The van der Waals surface area contributed by atoms with Gasteiger partial charge in [0.05, 0.1) is 6.10 Å². The van der Waals surface area contributed by atoms with E-state index < -0.39 is 5.60 Å². The first kappa shape index (κ1) is 17.3. The van der Waals surface area contributed by atoms with Crippen LogP contribution in [0.3, 0.4) is 0 Å². The molecule has 0 aliphatic rings. The zero-order valence-corrected chi connectivity index (χ0v) is 14.5. The van der Waals surface area contributed by atoms with Gasteiger partial charge in [-0.1, -0.05) is 31.2 Å². The van der Waals surface area contributed by atoms with Gasteiger partial charge in [0.15, 0.2) is 0 Å². The van der Waals surface area contributed by atoms with E-state index in [-0.39, 0.29) is 12.0 Å². The molecule has 23 heavy (non-hydrogen) atoms. The van der Waals surface area contributed by atoms with Crippen molar-refractivity contribution >= 4 is 22.4 Å². The molecule has 4 nitrogen and oxygen atoms in total. The minimum absolute atomic E-state index is 0.145. The number of carbonyl (C=O) groups excluding carboxylic acids is 1. The first-order chi connectivity index (χ1) is 10.9. The van der Waals surface area contributed by atoms with Gasteiger partial charge in [-0.15, -0.1) is 0 Å². The second kappa shape index (κ2) is 7.01. The molecule has 2 aromatic rings. The third kappa shape index (κ3) is 3.82. The van der Waals surface area contributed by atoms with Crippen LogP contribution in [0.2, 0.25) is 0 Å². The molecule has 4 heteroatoms. The molecule has 0 bridgehead atoms. The van der Waals surface area contributed by atoms with E-state index in [2.05, 4.69) is 12.2 Å². The zero-order valence-electron chi connectivity index (χ0n) is 14.5. The van der Waals surface area contributed by atoms with Crippen molar-refractivity contribution in [3.8, 4) is 5.75 Å². The first-order valence-electron chi connectivity index (χ1n) is 7.94. The number of anilines is 1. The molecule has 2 aromatic carbocycles. The number of ether oxygens (including phenoxy) is 2. The lowest BCUT2D eigenvalue weighted by Crippen LogP contribution is -2.38. The maximum atomic E-state index is 12.4. The Labute approximate surface area is 137 Å². The lowest BCUT2D eigenvalue weighted by atomic mass is 10.1. The van der Waals surface area contributed by atoms with Crippen molar-refractivity contribution in [1.29, 1.82) is 0 Å². The second-order valence-electron chi connectivity index (χ2n) is 6.16. The Morgan fingerprint density at radius 3 is 2.43 bits per heavy atom. The minimum atomic E-state index is -0.882. The Hall–Kier alpha value is -2.07. The predicted octanol–water partition coefficient (Wildman–Crippen LogP) is 4.38. The van der Waals surface area contributed by atoms with Crippen LogP contribution >= 0.6 is 0 Å². The Kier molecular flexibility index (Phi) is 5.26. The minimum Gasteiger partial charge on any atom is -0.490 e. The summed E-state index contributed by atoms with van der Waals surface area (Å²) in [5.74, 6) is 0.652. The van der Waals surface area contributed by atoms with E-state index in [0.717, 1.165) is 28.6 Å². The van der Waals surface area contributed by atoms with E-state index in [4.69, 9.17) is 9.47 Å². The van der Waals surface area contributed by atoms with E-state index in [0.29, 0.717) is 0 Å². The van der Waals surface area contributed by atoms with Crippen LogP contribution in [-0.2, 0) is 9.53 Å². The fraction of sp³-hybridized carbons (Fsp3) is 0.421. The molecule has 124 valence electrons. The third-order valence-corrected chi connectivity index (χ3v) is 4.09. The van der Waals surface area contributed by atoms with Gasteiger partial charge in [0.2, 0.25) is 0 Å². The molecule has 0 saturated carbocycles. The molecule has 0 fully saturated rings. The van der Waals surface area contributed by atoms with Gasteiger partial charge in [-0.05, 0) is 39.3 Å². The first-order valence-corrected chi connectivity index (χ1v) is 7.94. The summed E-state index contributed by atoms with van der Waals surface area (Å²) in [6.07, 6.45) is 1.08. The van der Waals surface area contributed by atoms with Gasteiger partial charge in [-0.2, -0.15) is 0 Å². The standard InChI is InChI=1S/C19H25NO3/c1-6-13(2)23-17-12-11-16(14-9-7-8-10-15(14)17)20-18(21)19(3,4)22-5/h7-13H,6H2,1-5H3,(H,20,21)/t13-/m1/s1. The smallest absolute Gasteiger partial charge is 0.256 e. The largest absolute Gasteiger partial charge is 0.490 e. The van der Waals surface area contributed by atoms with E-state index in [1.807, 2.05) is 43.3 Å². The number of methoxy groups -OCH3 is 1. The van der Waals surface area contributed by atoms with Crippen molar-refractivity contribution < 1.29 is 14.3 Å². The molecule has 1 N–H and O–H groups in total. The van der Waals surface area contributed by atoms with Crippen LogP contribution in [0.5, 0.6) is 5.75 Å². The van der Waals surface area contributed by atoms with Crippen molar-refractivity contribution in [1.82, 2.24) is 0 Å². The number of amides is 1. The summed E-state index contributed by atoms with van der Waals surface area (Å²) in [7, 11) is 1.53. The van der Waals surface area contributed by atoms with E-state index in [1.54, 1.807) is 13.8 Å². The summed E-state index contributed by atoms with van der Waals surface area (Å²) in [6, 6.07) is 11.7. The molecule has 0 spiro atoms. The molecule has 0 aromatic heterocycles. The van der Waals surface area contributed by atoms with Gasteiger partial charge in [0, 0.05) is 23.6 Å². The molecule has 0 aliphatic carbocycles. The normalized spacial score (nSPS) is 12.9. The quantitative estimate of drug-likeness (QED) is 0.860. The van der Waals surface area contributed by atoms with E-state index in [1.165, 1.54) is 7.11 Å². The summed E-state index contributed by atoms with van der Waals surface area (Å²) in [6.45, 7) is 7.62. The summed E-state index contributed by atoms with van der Waals surface area (Å²) < 4.78 is 11.2. The van der Waals surface area contributed by atoms with Gasteiger partial charge in [0.1, 0.15) is 11.4 Å². The van der Waals surface area contributed by atoms with Gasteiger partial charge < -0.3 is 14.8 Å². The number of benzene rings is 2. The van der Waals surface area contributed by atoms with Crippen molar-refractivity contribution in [3.05, 3.63) is 36.4 Å². The average Bonchev–Trinajstić information content (AvgIpc) is 2.56. The van der Waals surface area contributed by atoms with Crippen molar-refractivity contribution in [3.63, 3.8) is 0 Å². The highest BCUT2D eigenvalue weighted by atomic mass is 16.5. The molecular weight excluding hydrogens is 290 g/mol. The van der Waals surface area contributed by atoms with E-state index >= 15 is 0 Å². The molecule has 0 radical (unpaired) electrons. The Morgan fingerprint density at radius 2 is 1.83 bits per heavy atom. The van der Waals surface area contributed by atoms with Crippen LogP contribution in [0.4, 0.5) is 5.69 Å². The highest BCUT2D eigenvalue weighted by molar-refractivity contribution is 6.06. The number of nitrogens with one attached hydrogen (secondary N) is 1. The van der Waals surface area contributed by atoms with Crippen LogP contribution in [0.25, 0.3) is 10.8 Å². The number of carbonyl (C=O) groups is 1. The molecule has 0 aliphatic heterocycles. The highest BCUT2D eigenvalue weighted by Gasteiger charge is 2.27. The van der Waals surface area contributed by atoms with E-state index in [9.17, 15) is 4.79 Å². The number of fused-ring (bicyclic) bond motifs is 1. The maximum absolute atomic E-state index is 12.4. The SMILES string of the molecule is CC[C@@H](C)Oc1ccc(NC(=O)C(C)(C)OC)c2ccccc12. The molecule has 0 saturated heterocycles. The summed E-state index contributed by atoms with van der Waals surface area (Å²) in [5, 5.41) is 4.89. The third-order valence-electron chi connectivity index (χ3n) is 4.09. The fourth-order valence-corrected chi connectivity index (χ4v) is 2.15. The molecule has 2 rings (SSSR count). The molecule has 0 heterocycles. The monoisotopic (exact) mass is 315 g/mol. The number of rotatable bonds is 6. The van der Waals surface area contributed by atoms with Crippen molar-refractivity contribution in [2.24, 2.45) is 0 Å². The fourth-order valence-electron chi connectivity index (χ4n) is 2.15. The van der Waals surface area contributed by atoms with Crippen molar-refractivity contribution in [2.75, 3.05) is 12.4 Å². The summed E-state index contributed by atoms with van der Waals surface area (Å²) >= 11 is 0. The molecule has 1 amide bonds. The van der Waals surface area contributed by atoms with Gasteiger partial charge >= 0.3 is 0 Å². The van der Waals surface area contributed by atoms with Gasteiger partial charge in [-0.25, -0.2) is 0 Å². The lowest BCUT2D eigenvalue weighted by molar-refractivity contribution is -0.133. The molecular formula is C19H25NO3. The summed E-state index contributed by atoms with van der Waals surface area (Å²) in [4.78, 5) is 12.4. The Morgan fingerprint density at radius 1 is 1.17 bits per heavy atom. The Bertz CT molecular complexity index is 694.